The van der Waals surface area contributed by atoms with E-state index in [1.807, 2.05) is 0 Å². The Morgan fingerprint density at radius 3 is 2.63 bits per heavy atom. The Kier molecular flexibility index (Phi) is 6.58. The molecule has 0 unspecified atom stereocenters. The molecule has 2 aromatic carbocycles. The molecule has 1 heterocycles. The quantitative estimate of drug-likeness (QED) is 0.299. The van der Waals surface area contributed by atoms with Crippen molar-refractivity contribution in [3.8, 4) is 0 Å². The van der Waals surface area contributed by atoms with E-state index in [0.29, 0.717) is 16.9 Å². The van der Waals surface area contributed by atoms with Crippen LogP contribution in [-0.4, -0.2) is 29.6 Å². The average Bonchev–Trinajstić information content (AvgIpc) is 3.05. The molecule has 0 saturated heterocycles. The number of sulfone groups is 1. The van der Waals surface area contributed by atoms with Crippen LogP contribution in [0.2, 0.25) is 0 Å². The van der Waals surface area contributed by atoms with Crippen LogP contribution in [0.4, 0.5) is 5.69 Å². The lowest BCUT2D eigenvalue weighted by atomic mass is 10.3. The first kappa shape index (κ1) is 21.6. The number of fused-ring (bicyclic) bond motifs is 1. The highest BCUT2D eigenvalue weighted by atomic mass is 32.2. The van der Waals surface area contributed by atoms with E-state index < -0.39 is 20.7 Å². The monoisotopic (exact) mass is 445 g/mol. The molecule has 0 aliphatic heterocycles. The van der Waals surface area contributed by atoms with Gasteiger partial charge in [0, 0.05) is 25.1 Å². The normalized spacial score (nSPS) is 12.2. The molecule has 0 spiro atoms. The number of thiazole rings is 1. The van der Waals surface area contributed by atoms with E-state index in [1.165, 1.54) is 35.6 Å². The number of nitro benzene ring substituents is 1. The highest BCUT2D eigenvalue weighted by molar-refractivity contribution is 7.91. The first-order chi connectivity index (χ1) is 14.3. The zero-order valence-electron chi connectivity index (χ0n) is 15.9. The molecular weight excluding hydrogens is 426 g/mol. The fourth-order valence-electron chi connectivity index (χ4n) is 2.88. The van der Waals surface area contributed by atoms with Crippen molar-refractivity contribution in [2.75, 3.05) is 5.75 Å². The number of amides is 1. The van der Waals surface area contributed by atoms with Gasteiger partial charge in [0.15, 0.2) is 14.6 Å². The number of nitro groups is 1. The lowest BCUT2D eigenvalue weighted by Crippen LogP contribution is -2.16. The topological polar surface area (TPSA) is 112 Å². The molecule has 0 saturated carbocycles. The zero-order chi connectivity index (χ0) is 21.7. The van der Waals surface area contributed by atoms with Gasteiger partial charge in [-0.3, -0.25) is 14.9 Å². The molecule has 156 valence electrons. The maximum absolute atomic E-state index is 12.3. The lowest BCUT2D eigenvalue weighted by molar-refractivity contribution is -0.384. The highest BCUT2D eigenvalue weighted by Crippen LogP contribution is 2.23. The van der Waals surface area contributed by atoms with E-state index >= 15 is 0 Å². The Labute approximate surface area is 176 Å². The van der Waals surface area contributed by atoms with Gasteiger partial charge >= 0.3 is 0 Å². The second-order valence-corrected chi connectivity index (χ2v) is 9.55. The van der Waals surface area contributed by atoms with Gasteiger partial charge in [-0.2, -0.15) is 4.99 Å². The molecule has 8 nitrogen and oxygen atoms in total. The van der Waals surface area contributed by atoms with Gasteiger partial charge in [0.1, 0.15) is 0 Å². The molecule has 0 radical (unpaired) electrons. The second-order valence-electron chi connectivity index (χ2n) is 6.43. The van der Waals surface area contributed by atoms with Crippen molar-refractivity contribution in [1.29, 1.82) is 0 Å². The third-order valence-electron chi connectivity index (χ3n) is 4.31. The number of carbonyl (C=O) groups is 1. The summed E-state index contributed by atoms with van der Waals surface area (Å²) in [5, 5.41) is 11.1. The van der Waals surface area contributed by atoms with Crippen molar-refractivity contribution < 1.29 is 18.1 Å². The Hall–Kier alpha value is -3.11. The van der Waals surface area contributed by atoms with Gasteiger partial charge in [0.25, 0.3) is 5.69 Å². The molecule has 1 aromatic heterocycles. The van der Waals surface area contributed by atoms with Crippen LogP contribution in [-0.2, 0) is 21.2 Å². The third-order valence-corrected chi connectivity index (χ3v) is 7.19. The molecule has 0 aliphatic rings. The van der Waals surface area contributed by atoms with Crippen LogP contribution in [0.5, 0.6) is 0 Å². The van der Waals surface area contributed by atoms with Gasteiger partial charge in [-0.05, 0) is 24.6 Å². The number of carbonyl (C=O) groups excluding carboxylic acids is 1. The summed E-state index contributed by atoms with van der Waals surface area (Å²) in [5.74, 6) is -0.596. The Morgan fingerprint density at radius 2 is 1.97 bits per heavy atom. The van der Waals surface area contributed by atoms with Gasteiger partial charge in [-0.25, -0.2) is 8.42 Å². The van der Waals surface area contributed by atoms with E-state index in [0.717, 1.165) is 4.70 Å². The smallest absolute Gasteiger partial charge is 0.271 e. The molecular formula is C20H19N3O5S2. The number of nitrogens with zero attached hydrogens (tertiary/aromatic N) is 3. The molecule has 0 fully saturated rings. The van der Waals surface area contributed by atoms with Gasteiger partial charge in [0.05, 0.1) is 25.8 Å². The van der Waals surface area contributed by atoms with E-state index in [2.05, 4.69) is 11.6 Å². The summed E-state index contributed by atoms with van der Waals surface area (Å²) in [6.07, 6.45) is 1.74. The number of allylic oxidation sites excluding steroid dienone is 1. The lowest BCUT2D eigenvalue weighted by Gasteiger charge is -2.03. The van der Waals surface area contributed by atoms with Gasteiger partial charge < -0.3 is 4.57 Å². The van der Waals surface area contributed by atoms with Crippen molar-refractivity contribution in [3.05, 3.63) is 76.1 Å². The number of hydrogen-bond acceptors (Lipinski definition) is 6. The molecule has 30 heavy (non-hydrogen) atoms. The minimum absolute atomic E-state index is 0.0193. The number of benzene rings is 2. The zero-order valence-corrected chi connectivity index (χ0v) is 17.6. The molecule has 0 bridgehead atoms. The summed E-state index contributed by atoms with van der Waals surface area (Å²) >= 11 is 1.24. The van der Waals surface area contributed by atoms with E-state index in [4.69, 9.17) is 0 Å². The van der Waals surface area contributed by atoms with Crippen LogP contribution in [0.15, 0.2) is 71.1 Å². The molecule has 1 amide bonds. The van der Waals surface area contributed by atoms with Crippen LogP contribution < -0.4 is 4.80 Å². The van der Waals surface area contributed by atoms with E-state index in [1.54, 1.807) is 34.9 Å². The summed E-state index contributed by atoms with van der Waals surface area (Å²) < 4.78 is 27.0. The van der Waals surface area contributed by atoms with Crippen molar-refractivity contribution in [2.24, 2.45) is 4.99 Å². The Morgan fingerprint density at radius 1 is 1.23 bits per heavy atom. The fourth-order valence-corrected chi connectivity index (χ4v) is 5.25. The number of non-ortho nitro benzene ring substituents is 1. The van der Waals surface area contributed by atoms with Gasteiger partial charge in [-0.1, -0.05) is 35.6 Å². The third kappa shape index (κ3) is 4.89. The average molecular weight is 446 g/mol. The maximum atomic E-state index is 12.3. The molecule has 10 heteroatoms. The summed E-state index contributed by atoms with van der Waals surface area (Å²) in [6.45, 7) is 4.01. The van der Waals surface area contributed by atoms with E-state index in [-0.39, 0.29) is 29.2 Å². The van der Waals surface area contributed by atoms with Crippen LogP contribution in [0.25, 0.3) is 10.2 Å². The molecule has 0 N–H and O–H groups in total. The highest BCUT2D eigenvalue weighted by Gasteiger charge is 2.15. The van der Waals surface area contributed by atoms with E-state index in [9.17, 15) is 23.3 Å². The minimum atomic E-state index is -3.45. The van der Waals surface area contributed by atoms with Crippen molar-refractivity contribution in [3.63, 3.8) is 0 Å². The summed E-state index contributed by atoms with van der Waals surface area (Å²) in [5.41, 5.74) is 0.536. The largest absolute Gasteiger partial charge is 0.312 e. The predicted octanol–water partition coefficient (Wildman–Crippen LogP) is 3.48. The van der Waals surface area contributed by atoms with Crippen LogP contribution in [0, 0.1) is 10.1 Å². The maximum Gasteiger partial charge on any atom is 0.271 e. The Bertz CT molecular complexity index is 1270. The molecule has 0 atom stereocenters. The number of hydrogen-bond donors (Lipinski definition) is 0. The molecule has 3 rings (SSSR count). The van der Waals surface area contributed by atoms with Crippen LogP contribution in [0.1, 0.15) is 12.8 Å². The fraction of sp³-hybridized carbons (Fsp3) is 0.200. The van der Waals surface area contributed by atoms with Crippen LogP contribution >= 0.6 is 11.3 Å². The first-order valence-corrected chi connectivity index (χ1v) is 11.5. The van der Waals surface area contributed by atoms with Crippen LogP contribution in [0.3, 0.4) is 0 Å². The second kappa shape index (κ2) is 9.14. The van der Waals surface area contributed by atoms with Gasteiger partial charge in [0.2, 0.25) is 5.91 Å². The molecule has 3 aromatic rings. The van der Waals surface area contributed by atoms with Gasteiger partial charge in [-0.15, -0.1) is 6.58 Å². The number of rotatable bonds is 8. The van der Waals surface area contributed by atoms with Crippen molar-refractivity contribution in [2.45, 2.75) is 24.3 Å². The summed E-state index contributed by atoms with van der Waals surface area (Å²) in [6, 6.07) is 12.5. The van der Waals surface area contributed by atoms with Crippen molar-refractivity contribution in [1.82, 2.24) is 4.57 Å². The summed E-state index contributed by atoms with van der Waals surface area (Å²) in [7, 11) is -3.45. The Balaban J connectivity index is 1.80. The minimum Gasteiger partial charge on any atom is -0.312 e. The van der Waals surface area contributed by atoms with Crippen molar-refractivity contribution >= 4 is 43.0 Å². The predicted molar refractivity (Wildman–Crippen MR) is 115 cm³/mol. The summed E-state index contributed by atoms with van der Waals surface area (Å²) in [4.78, 5) is 27.6. The molecule has 0 aliphatic carbocycles. The number of aromatic nitrogens is 1. The first-order valence-electron chi connectivity index (χ1n) is 9.06. The standard InChI is InChI=1S/C20H19N3O5S2/c1-2-12-22-17-14-15(23(25)26)10-11-18(17)29-20(22)21-19(24)9-6-13-30(27,28)16-7-4-3-5-8-16/h2-5,7-8,10-11,14H,1,6,9,12-13H2. The SMILES string of the molecule is C=CCn1c(=NC(=O)CCCS(=O)(=O)c2ccccc2)sc2ccc([N+](=O)[O-])cc21.